The van der Waals surface area contributed by atoms with Crippen LogP contribution in [0.15, 0.2) is 23.1 Å². The molecule has 0 spiro atoms. The molecule has 1 aromatic rings. The number of carbonyl (C=O) groups excluding carboxylic acids is 1. The number of piperidine rings is 1. The van der Waals surface area contributed by atoms with Gasteiger partial charge in [0.25, 0.3) is 0 Å². The number of carbonyl (C=O) groups is 1. The van der Waals surface area contributed by atoms with Crippen molar-refractivity contribution in [2.75, 3.05) is 41.0 Å². The van der Waals surface area contributed by atoms with Crippen molar-refractivity contribution in [3.63, 3.8) is 0 Å². The van der Waals surface area contributed by atoms with E-state index in [1.54, 1.807) is 19.2 Å². The summed E-state index contributed by atoms with van der Waals surface area (Å²) in [5.74, 6) is 0.443. The smallest absolute Gasteiger partial charge is 0.246 e. The first kappa shape index (κ1) is 21.5. The summed E-state index contributed by atoms with van der Waals surface area (Å²) < 4.78 is 42.9. The maximum absolute atomic E-state index is 13.0. The second-order valence-corrected chi connectivity index (χ2v) is 8.47. The second kappa shape index (κ2) is 9.38. The van der Waals surface area contributed by atoms with Crippen LogP contribution in [-0.2, 0) is 19.6 Å². The molecule has 2 rings (SSSR count). The van der Waals surface area contributed by atoms with Gasteiger partial charge >= 0.3 is 0 Å². The molecular formula is C18H28N2O6S. The Morgan fingerprint density at radius 1 is 1.22 bits per heavy atom. The number of amides is 1. The van der Waals surface area contributed by atoms with Crippen LogP contribution in [0, 0.1) is 5.92 Å². The van der Waals surface area contributed by atoms with Gasteiger partial charge in [0.1, 0.15) is 16.4 Å². The topological polar surface area (TPSA) is 94.2 Å². The minimum Gasteiger partial charge on any atom is -0.497 e. The standard InChI is InChI=1S/C18H28N2O6S/c1-13(12-24-2)19-18(21)14-7-9-20(10-8-14)27(22,23)17-11-15(25-3)5-6-16(17)26-4/h5-6,11,13-14H,7-10,12H2,1-4H3,(H,19,21)/t13-/m1/s1. The molecule has 1 aromatic carbocycles. The van der Waals surface area contributed by atoms with Gasteiger partial charge in [-0.3, -0.25) is 4.79 Å². The van der Waals surface area contributed by atoms with Crippen LogP contribution >= 0.6 is 0 Å². The third-order valence-electron chi connectivity index (χ3n) is 4.62. The molecule has 1 aliphatic heterocycles. The third kappa shape index (κ3) is 5.12. The predicted molar refractivity (Wildman–Crippen MR) is 101 cm³/mol. The summed E-state index contributed by atoms with van der Waals surface area (Å²) in [5.41, 5.74) is 0. The van der Waals surface area contributed by atoms with Crippen molar-refractivity contribution in [3.8, 4) is 11.5 Å². The summed E-state index contributed by atoms with van der Waals surface area (Å²) in [5, 5.41) is 2.90. The van der Waals surface area contributed by atoms with Crippen molar-refractivity contribution in [1.29, 1.82) is 0 Å². The molecule has 0 bridgehead atoms. The average molecular weight is 400 g/mol. The molecule has 0 unspecified atom stereocenters. The number of sulfonamides is 1. The Morgan fingerprint density at radius 3 is 2.44 bits per heavy atom. The fourth-order valence-electron chi connectivity index (χ4n) is 3.14. The van der Waals surface area contributed by atoms with Gasteiger partial charge in [-0.25, -0.2) is 8.42 Å². The zero-order chi connectivity index (χ0) is 20.0. The summed E-state index contributed by atoms with van der Waals surface area (Å²) in [7, 11) is 0.749. The number of benzene rings is 1. The fourth-order valence-corrected chi connectivity index (χ4v) is 4.78. The number of rotatable bonds is 8. The van der Waals surface area contributed by atoms with Crippen molar-refractivity contribution < 1.29 is 27.4 Å². The Morgan fingerprint density at radius 2 is 1.89 bits per heavy atom. The predicted octanol–water partition coefficient (Wildman–Crippen LogP) is 1.26. The van der Waals surface area contributed by atoms with Crippen LogP contribution in [0.2, 0.25) is 0 Å². The largest absolute Gasteiger partial charge is 0.497 e. The van der Waals surface area contributed by atoms with E-state index in [-0.39, 0.29) is 41.6 Å². The van der Waals surface area contributed by atoms with E-state index < -0.39 is 10.0 Å². The van der Waals surface area contributed by atoms with E-state index in [0.717, 1.165) is 0 Å². The minimum absolute atomic E-state index is 0.0597. The molecule has 152 valence electrons. The lowest BCUT2D eigenvalue weighted by atomic mass is 9.97. The van der Waals surface area contributed by atoms with E-state index in [4.69, 9.17) is 14.2 Å². The lowest BCUT2D eigenvalue weighted by Crippen LogP contribution is -2.45. The average Bonchev–Trinajstić information content (AvgIpc) is 2.67. The van der Waals surface area contributed by atoms with E-state index in [2.05, 4.69) is 5.32 Å². The van der Waals surface area contributed by atoms with Crippen molar-refractivity contribution in [3.05, 3.63) is 18.2 Å². The van der Waals surface area contributed by atoms with E-state index in [1.165, 1.54) is 24.6 Å². The maximum atomic E-state index is 13.0. The van der Waals surface area contributed by atoms with Crippen molar-refractivity contribution in [2.45, 2.75) is 30.7 Å². The quantitative estimate of drug-likeness (QED) is 0.706. The Hall–Kier alpha value is -1.84. The summed E-state index contributed by atoms with van der Waals surface area (Å²) in [6.07, 6.45) is 0.939. The van der Waals surface area contributed by atoms with Gasteiger partial charge in [-0.2, -0.15) is 4.31 Å². The molecule has 1 fully saturated rings. The Bertz CT molecular complexity index is 744. The van der Waals surface area contributed by atoms with E-state index in [0.29, 0.717) is 25.2 Å². The third-order valence-corrected chi connectivity index (χ3v) is 6.54. The minimum atomic E-state index is -3.74. The first-order valence-corrected chi connectivity index (χ1v) is 10.3. The number of hydrogen-bond donors (Lipinski definition) is 1. The molecule has 27 heavy (non-hydrogen) atoms. The Balaban J connectivity index is 2.08. The van der Waals surface area contributed by atoms with Gasteiger partial charge in [0.15, 0.2) is 0 Å². The first-order chi connectivity index (χ1) is 12.8. The van der Waals surface area contributed by atoms with Crippen molar-refractivity contribution >= 4 is 15.9 Å². The van der Waals surface area contributed by atoms with Gasteiger partial charge in [-0.1, -0.05) is 0 Å². The van der Waals surface area contributed by atoms with Crippen molar-refractivity contribution in [1.82, 2.24) is 9.62 Å². The van der Waals surface area contributed by atoms with Gasteiger partial charge in [-0.05, 0) is 31.9 Å². The zero-order valence-corrected chi connectivity index (χ0v) is 17.0. The van der Waals surface area contributed by atoms with Crippen LogP contribution < -0.4 is 14.8 Å². The van der Waals surface area contributed by atoms with Crippen LogP contribution in [0.5, 0.6) is 11.5 Å². The van der Waals surface area contributed by atoms with Crippen LogP contribution in [0.3, 0.4) is 0 Å². The number of nitrogens with one attached hydrogen (secondary N) is 1. The van der Waals surface area contributed by atoms with Gasteiger partial charge in [0.05, 0.1) is 20.8 Å². The summed E-state index contributed by atoms with van der Waals surface area (Å²) in [6, 6.07) is 4.60. The molecule has 1 heterocycles. The molecule has 1 saturated heterocycles. The van der Waals surface area contributed by atoms with Gasteiger partial charge in [0.2, 0.25) is 15.9 Å². The number of hydrogen-bond acceptors (Lipinski definition) is 6. The number of nitrogens with zero attached hydrogens (tertiary/aromatic N) is 1. The molecule has 0 aromatic heterocycles. The van der Waals surface area contributed by atoms with Gasteiger partial charge in [0, 0.05) is 38.2 Å². The second-order valence-electron chi connectivity index (χ2n) is 6.56. The molecule has 1 amide bonds. The van der Waals surface area contributed by atoms with Gasteiger partial charge in [-0.15, -0.1) is 0 Å². The molecular weight excluding hydrogens is 372 g/mol. The van der Waals surface area contributed by atoms with Crippen LogP contribution in [0.4, 0.5) is 0 Å². The first-order valence-electron chi connectivity index (χ1n) is 8.85. The molecule has 0 radical (unpaired) electrons. The van der Waals surface area contributed by atoms with E-state index in [9.17, 15) is 13.2 Å². The zero-order valence-electron chi connectivity index (χ0n) is 16.2. The van der Waals surface area contributed by atoms with Crippen LogP contribution in [0.25, 0.3) is 0 Å². The van der Waals surface area contributed by atoms with Crippen LogP contribution in [-0.4, -0.2) is 65.7 Å². The molecule has 0 saturated carbocycles. The molecule has 8 nitrogen and oxygen atoms in total. The summed E-state index contributed by atoms with van der Waals surface area (Å²) in [6.45, 7) is 2.86. The van der Waals surface area contributed by atoms with E-state index >= 15 is 0 Å². The Labute approximate surface area is 160 Å². The van der Waals surface area contributed by atoms with Crippen LogP contribution in [0.1, 0.15) is 19.8 Å². The fraction of sp³-hybridized carbons (Fsp3) is 0.611. The number of ether oxygens (including phenoxy) is 3. The molecule has 1 atom stereocenters. The monoisotopic (exact) mass is 400 g/mol. The molecule has 0 aliphatic carbocycles. The highest BCUT2D eigenvalue weighted by molar-refractivity contribution is 7.89. The SMILES string of the molecule is COC[C@@H](C)NC(=O)C1CCN(S(=O)(=O)c2cc(OC)ccc2OC)CC1. The highest BCUT2D eigenvalue weighted by Crippen LogP contribution is 2.32. The Kier molecular flexibility index (Phi) is 7.46. The lowest BCUT2D eigenvalue weighted by molar-refractivity contribution is -0.127. The highest BCUT2D eigenvalue weighted by Gasteiger charge is 2.34. The number of methoxy groups -OCH3 is 3. The molecule has 1 aliphatic rings. The highest BCUT2D eigenvalue weighted by atomic mass is 32.2. The maximum Gasteiger partial charge on any atom is 0.246 e. The molecule has 1 N–H and O–H groups in total. The van der Waals surface area contributed by atoms with Crippen molar-refractivity contribution in [2.24, 2.45) is 5.92 Å². The molecule has 9 heteroatoms. The summed E-state index contributed by atoms with van der Waals surface area (Å²) in [4.78, 5) is 12.4. The van der Waals surface area contributed by atoms with E-state index in [1.807, 2.05) is 6.92 Å². The van der Waals surface area contributed by atoms with Gasteiger partial charge < -0.3 is 19.5 Å². The summed E-state index contributed by atoms with van der Waals surface area (Å²) >= 11 is 0. The lowest BCUT2D eigenvalue weighted by Gasteiger charge is -2.31. The normalized spacial score (nSPS) is 17.3.